The highest BCUT2D eigenvalue weighted by atomic mass is 16.5. The minimum atomic E-state index is -0.0892. The summed E-state index contributed by atoms with van der Waals surface area (Å²) in [6.45, 7) is 18.8. The number of nitrogens with zero attached hydrogens (tertiary/aromatic N) is 5. The lowest BCUT2D eigenvalue weighted by Gasteiger charge is -2.42. The summed E-state index contributed by atoms with van der Waals surface area (Å²) in [6.07, 6.45) is 6.26. The molecule has 2 aliphatic rings. The fraction of sp³-hybridized carbons (Fsp3) is 0.218. The van der Waals surface area contributed by atoms with Gasteiger partial charge in [0.2, 0.25) is 0 Å². The van der Waals surface area contributed by atoms with Crippen LogP contribution in [0.5, 0.6) is 11.5 Å². The summed E-state index contributed by atoms with van der Waals surface area (Å²) in [5.74, 6) is 2.49. The van der Waals surface area contributed by atoms with Crippen LogP contribution in [0.3, 0.4) is 0 Å². The molecule has 0 spiro atoms. The highest BCUT2D eigenvalue weighted by Crippen LogP contribution is 2.52. The van der Waals surface area contributed by atoms with Crippen LogP contribution in [0.1, 0.15) is 77.6 Å². The smallest absolute Gasteiger partial charge is 0.137 e. The number of rotatable bonds is 6. The standard InChI is InChI=1S/C55H53N5O/c1-53(2,3)37-27-28-56-52(33-37)60-48-18-12-9-15-44(48)45-26-25-42(35-51(45)60)61-43-32-38(54(4,5)6)31-41(34-43)58-30-29-57(36-58)39-21-23-40(24-22-39)59-49-19-13-10-16-46(49)55(7,8)47-17-11-14-20-50(47)59/h9-35H,36H2,1-8H3. The van der Waals surface area contributed by atoms with Crippen molar-refractivity contribution in [2.45, 2.75) is 71.6 Å². The summed E-state index contributed by atoms with van der Waals surface area (Å²) in [5, 5.41) is 2.36. The van der Waals surface area contributed by atoms with E-state index in [1.165, 1.54) is 44.4 Å². The van der Waals surface area contributed by atoms with Crippen LogP contribution < -0.4 is 19.4 Å². The predicted octanol–water partition coefficient (Wildman–Crippen LogP) is 14.4. The van der Waals surface area contributed by atoms with Crippen LogP contribution in [0.4, 0.5) is 28.4 Å². The molecule has 10 rings (SSSR count). The molecule has 0 atom stereocenters. The Morgan fingerprint density at radius 1 is 0.525 bits per heavy atom. The lowest BCUT2D eigenvalue weighted by molar-refractivity contribution is 0.479. The van der Waals surface area contributed by atoms with Gasteiger partial charge in [-0.05, 0) is 112 Å². The Kier molecular flexibility index (Phi) is 8.92. The van der Waals surface area contributed by atoms with E-state index in [4.69, 9.17) is 9.72 Å². The molecule has 2 aromatic heterocycles. The van der Waals surface area contributed by atoms with Crippen molar-refractivity contribution in [2.24, 2.45) is 0 Å². The molecule has 0 saturated carbocycles. The van der Waals surface area contributed by atoms with Crippen molar-refractivity contribution >= 4 is 50.2 Å². The summed E-state index contributed by atoms with van der Waals surface area (Å²) in [6, 6.07) is 52.6. The van der Waals surface area contributed by atoms with Crippen LogP contribution in [0.25, 0.3) is 27.6 Å². The number of para-hydroxylation sites is 3. The average molecular weight is 800 g/mol. The third kappa shape index (κ3) is 6.71. The molecule has 6 aromatic carbocycles. The van der Waals surface area contributed by atoms with Crippen molar-refractivity contribution in [3.05, 3.63) is 186 Å². The lowest BCUT2D eigenvalue weighted by Crippen LogP contribution is -2.30. The number of aromatic nitrogens is 2. The van der Waals surface area contributed by atoms with Gasteiger partial charge in [0.15, 0.2) is 0 Å². The van der Waals surface area contributed by atoms with Gasteiger partial charge in [0.1, 0.15) is 17.3 Å². The number of anilines is 5. The maximum atomic E-state index is 6.83. The van der Waals surface area contributed by atoms with Crippen LogP contribution in [-0.4, -0.2) is 16.2 Å². The molecular weight excluding hydrogens is 747 g/mol. The van der Waals surface area contributed by atoms with Gasteiger partial charge in [0.25, 0.3) is 0 Å². The monoisotopic (exact) mass is 799 g/mol. The van der Waals surface area contributed by atoms with Gasteiger partial charge in [0.05, 0.1) is 29.1 Å². The normalized spacial score (nSPS) is 14.8. The first-order valence-electron chi connectivity index (χ1n) is 21.4. The van der Waals surface area contributed by atoms with Gasteiger partial charge in [-0.2, -0.15) is 0 Å². The van der Waals surface area contributed by atoms with E-state index < -0.39 is 0 Å². The minimum Gasteiger partial charge on any atom is -0.457 e. The number of ether oxygens (including phenoxy) is 1. The number of pyridine rings is 1. The SMILES string of the molecule is CC(C)(C)c1cc(Oc2ccc3c4ccccc4n(-c4cc(C(C)(C)C)ccn4)c3c2)cc(N2C=CN(c3ccc(N4c5ccccc5C(C)(C)c5ccccc54)cc3)C2)c1. The van der Waals surface area contributed by atoms with E-state index >= 15 is 0 Å². The predicted molar refractivity (Wildman–Crippen MR) is 255 cm³/mol. The Bertz CT molecular complexity index is 2950. The van der Waals surface area contributed by atoms with Gasteiger partial charge < -0.3 is 19.4 Å². The zero-order chi connectivity index (χ0) is 42.3. The molecule has 0 radical (unpaired) electrons. The number of hydrogen-bond acceptors (Lipinski definition) is 5. The molecule has 0 aliphatic carbocycles. The van der Waals surface area contributed by atoms with E-state index in [0.29, 0.717) is 6.67 Å². The van der Waals surface area contributed by atoms with Crippen LogP contribution in [0, 0.1) is 0 Å². The molecule has 0 N–H and O–H groups in total. The molecule has 61 heavy (non-hydrogen) atoms. The van der Waals surface area contributed by atoms with Gasteiger partial charge in [0, 0.05) is 64.0 Å². The van der Waals surface area contributed by atoms with E-state index in [0.717, 1.165) is 45.4 Å². The van der Waals surface area contributed by atoms with Crippen LogP contribution in [0.2, 0.25) is 0 Å². The summed E-state index contributed by atoms with van der Waals surface area (Å²) in [4.78, 5) is 11.9. The summed E-state index contributed by atoms with van der Waals surface area (Å²) < 4.78 is 9.10. The van der Waals surface area contributed by atoms with Gasteiger partial charge in [-0.1, -0.05) is 110 Å². The number of benzene rings is 6. The molecular formula is C55H53N5O. The van der Waals surface area contributed by atoms with Gasteiger partial charge >= 0.3 is 0 Å². The average Bonchev–Trinajstić information content (AvgIpc) is 3.87. The van der Waals surface area contributed by atoms with E-state index in [1.807, 2.05) is 6.20 Å². The first kappa shape index (κ1) is 38.4. The van der Waals surface area contributed by atoms with E-state index in [1.54, 1.807) is 0 Å². The molecule has 0 unspecified atom stereocenters. The number of hydrogen-bond donors (Lipinski definition) is 0. The third-order valence-electron chi connectivity index (χ3n) is 12.6. The maximum Gasteiger partial charge on any atom is 0.137 e. The van der Waals surface area contributed by atoms with E-state index in [2.05, 4.69) is 233 Å². The lowest BCUT2D eigenvalue weighted by atomic mass is 9.73. The topological polar surface area (TPSA) is 36.8 Å². The fourth-order valence-electron chi connectivity index (χ4n) is 9.14. The summed E-state index contributed by atoms with van der Waals surface area (Å²) >= 11 is 0. The van der Waals surface area contributed by atoms with Crippen molar-refractivity contribution in [1.29, 1.82) is 0 Å². The third-order valence-corrected chi connectivity index (χ3v) is 12.6. The highest BCUT2D eigenvalue weighted by molar-refractivity contribution is 6.09. The quantitative estimate of drug-likeness (QED) is 0.167. The summed E-state index contributed by atoms with van der Waals surface area (Å²) in [7, 11) is 0. The largest absolute Gasteiger partial charge is 0.457 e. The zero-order valence-corrected chi connectivity index (χ0v) is 36.4. The van der Waals surface area contributed by atoms with E-state index in [9.17, 15) is 0 Å². The Morgan fingerprint density at radius 3 is 1.82 bits per heavy atom. The number of fused-ring (bicyclic) bond motifs is 5. The van der Waals surface area contributed by atoms with Crippen LogP contribution in [0.15, 0.2) is 164 Å². The first-order valence-corrected chi connectivity index (χ1v) is 21.4. The Morgan fingerprint density at radius 2 is 1.13 bits per heavy atom. The van der Waals surface area contributed by atoms with Crippen LogP contribution >= 0.6 is 0 Å². The molecule has 0 bridgehead atoms. The molecule has 8 aromatic rings. The molecule has 6 heteroatoms. The second kappa shape index (κ2) is 14.2. The molecule has 2 aliphatic heterocycles. The van der Waals surface area contributed by atoms with Gasteiger partial charge in [-0.3, -0.25) is 4.57 Å². The molecule has 0 amide bonds. The molecule has 4 heterocycles. The van der Waals surface area contributed by atoms with Gasteiger partial charge in [-0.25, -0.2) is 4.98 Å². The maximum absolute atomic E-state index is 6.83. The Labute approximate surface area is 360 Å². The van der Waals surface area contributed by atoms with Crippen LogP contribution in [-0.2, 0) is 16.2 Å². The molecule has 0 fully saturated rings. The van der Waals surface area contributed by atoms with Crippen molar-refractivity contribution in [3.8, 4) is 17.3 Å². The minimum absolute atomic E-state index is 0.00152. The van der Waals surface area contributed by atoms with Crippen molar-refractivity contribution in [1.82, 2.24) is 9.55 Å². The van der Waals surface area contributed by atoms with Crippen molar-refractivity contribution in [2.75, 3.05) is 21.4 Å². The molecule has 6 nitrogen and oxygen atoms in total. The highest BCUT2D eigenvalue weighted by Gasteiger charge is 2.36. The summed E-state index contributed by atoms with van der Waals surface area (Å²) in [5.41, 5.74) is 12.9. The van der Waals surface area contributed by atoms with Crippen molar-refractivity contribution < 1.29 is 4.74 Å². The zero-order valence-electron chi connectivity index (χ0n) is 36.4. The van der Waals surface area contributed by atoms with Gasteiger partial charge in [-0.15, -0.1) is 0 Å². The second-order valence-corrected chi connectivity index (χ2v) is 19.1. The Balaban J connectivity index is 0.945. The molecule has 304 valence electrons. The fourth-order valence-corrected chi connectivity index (χ4v) is 9.14. The van der Waals surface area contributed by atoms with E-state index in [-0.39, 0.29) is 16.2 Å². The van der Waals surface area contributed by atoms with Crippen molar-refractivity contribution in [3.63, 3.8) is 0 Å². The first-order chi connectivity index (χ1) is 29.2. The molecule has 0 saturated heterocycles. The second-order valence-electron chi connectivity index (χ2n) is 19.1. The Hall–Kier alpha value is -6.79.